The van der Waals surface area contributed by atoms with Crippen molar-refractivity contribution < 1.29 is 27.2 Å². The summed E-state index contributed by atoms with van der Waals surface area (Å²) in [5.41, 5.74) is 1.15. The van der Waals surface area contributed by atoms with Crippen molar-refractivity contribution in [3.63, 3.8) is 0 Å². The van der Waals surface area contributed by atoms with Crippen LogP contribution in [0.3, 0.4) is 0 Å². The minimum Gasteiger partial charge on any atom is -0.308 e. The summed E-state index contributed by atoms with van der Waals surface area (Å²) in [7, 11) is -7.34. The zero-order valence-electron chi connectivity index (χ0n) is 15.4. The fourth-order valence-electron chi connectivity index (χ4n) is 2.13. The highest BCUT2D eigenvalue weighted by Crippen LogP contribution is 2.71. The minimum absolute atomic E-state index is 0.189. The number of rotatable bonds is 13. The van der Waals surface area contributed by atoms with Crippen molar-refractivity contribution in [2.45, 2.75) is 44.2 Å². The fourth-order valence-corrected chi connectivity index (χ4v) is 10.3. The van der Waals surface area contributed by atoms with Crippen LogP contribution >= 0.6 is 38.3 Å². The molecule has 10 heteroatoms. The predicted molar refractivity (Wildman–Crippen MR) is 105 cm³/mol. The third-order valence-corrected chi connectivity index (χ3v) is 11.9. The summed E-state index contributed by atoms with van der Waals surface area (Å²) in [4.78, 5) is 0. The van der Waals surface area contributed by atoms with E-state index >= 15 is 0 Å². The van der Waals surface area contributed by atoms with E-state index in [-0.39, 0.29) is 32.2 Å². The van der Waals surface area contributed by atoms with E-state index in [9.17, 15) is 9.13 Å². The molecule has 0 aliphatic rings. The Balaban J connectivity index is 3.17. The summed E-state index contributed by atoms with van der Waals surface area (Å²) < 4.78 is 49.6. The molecule has 0 N–H and O–H groups in total. The number of aryl methyl sites for hydroxylation is 1. The molecule has 0 fully saturated rings. The first-order valence-corrected chi connectivity index (χ1v) is 13.4. The third kappa shape index (κ3) is 6.78. The van der Waals surface area contributed by atoms with Crippen molar-refractivity contribution in [3.8, 4) is 0 Å². The van der Waals surface area contributed by atoms with Gasteiger partial charge in [0, 0.05) is 5.75 Å². The van der Waals surface area contributed by atoms with E-state index < -0.39 is 20.6 Å². The fraction of sp³-hybridized carbons (Fsp3) is 0.733. The van der Waals surface area contributed by atoms with Crippen LogP contribution in [0.25, 0.3) is 0 Å². The highest BCUT2D eigenvalue weighted by molar-refractivity contribution is 8.01. The molecule has 1 heterocycles. The van der Waals surface area contributed by atoms with Gasteiger partial charge >= 0.3 is 15.2 Å². The van der Waals surface area contributed by atoms with E-state index in [0.29, 0.717) is 0 Å². The van der Waals surface area contributed by atoms with Gasteiger partial charge in [-0.05, 0) is 51.6 Å². The smallest absolute Gasteiger partial charge is 0.308 e. The van der Waals surface area contributed by atoms with Crippen LogP contribution in [-0.4, -0.2) is 37.6 Å². The van der Waals surface area contributed by atoms with Crippen molar-refractivity contribution in [1.82, 2.24) is 0 Å². The zero-order chi connectivity index (χ0) is 18.9. The Morgan fingerprint density at radius 2 is 1.40 bits per heavy atom. The van der Waals surface area contributed by atoms with E-state index in [0.717, 1.165) is 9.77 Å². The molecule has 0 saturated heterocycles. The van der Waals surface area contributed by atoms with Crippen LogP contribution in [0, 0.1) is 6.92 Å². The van der Waals surface area contributed by atoms with Crippen LogP contribution in [0.4, 0.5) is 0 Å². The lowest BCUT2D eigenvalue weighted by molar-refractivity contribution is 0.197. The Bertz CT molecular complexity index is 557. The SMILES string of the molecule is CCOP(=O)(OCC)C(CSc1cc(C)cs1)P(=O)(OCC)OCC. The topological polar surface area (TPSA) is 71.1 Å². The van der Waals surface area contributed by atoms with Gasteiger partial charge in [-0.2, -0.15) is 0 Å². The average molecular weight is 430 g/mol. The van der Waals surface area contributed by atoms with Gasteiger partial charge in [0.05, 0.1) is 30.6 Å². The van der Waals surface area contributed by atoms with Crippen LogP contribution in [0.1, 0.15) is 33.3 Å². The minimum atomic E-state index is -3.67. The molecule has 6 nitrogen and oxygen atoms in total. The second-order valence-corrected chi connectivity index (χ2v) is 12.1. The third-order valence-electron chi connectivity index (χ3n) is 3.05. The lowest BCUT2D eigenvalue weighted by atomic mass is 10.4. The van der Waals surface area contributed by atoms with Crippen molar-refractivity contribution in [2.24, 2.45) is 0 Å². The van der Waals surface area contributed by atoms with E-state index in [1.54, 1.807) is 39.0 Å². The van der Waals surface area contributed by atoms with E-state index in [1.807, 2.05) is 18.4 Å². The molecule has 25 heavy (non-hydrogen) atoms. The average Bonchev–Trinajstić information content (AvgIpc) is 2.93. The molecule has 0 unspecified atom stereocenters. The molecule has 0 aliphatic heterocycles. The Labute approximate surface area is 159 Å². The predicted octanol–water partition coefficient (Wildman–Crippen LogP) is 6.01. The van der Waals surface area contributed by atoms with E-state index in [1.165, 1.54) is 11.8 Å². The van der Waals surface area contributed by atoms with Crippen LogP contribution in [0.2, 0.25) is 0 Å². The molecule has 0 bridgehead atoms. The molecule has 1 aromatic heterocycles. The Kier molecular flexibility index (Phi) is 10.5. The molecule has 0 aromatic carbocycles. The number of hydrogen-bond donors (Lipinski definition) is 0. The van der Waals surface area contributed by atoms with Crippen molar-refractivity contribution in [2.75, 3.05) is 32.2 Å². The maximum atomic E-state index is 13.3. The maximum absolute atomic E-state index is 13.3. The van der Waals surface area contributed by atoms with Gasteiger partial charge in [-0.15, -0.1) is 23.1 Å². The van der Waals surface area contributed by atoms with Crippen LogP contribution in [0.15, 0.2) is 15.7 Å². The molecule has 1 aromatic rings. The van der Waals surface area contributed by atoms with Gasteiger partial charge < -0.3 is 18.1 Å². The van der Waals surface area contributed by atoms with E-state index in [4.69, 9.17) is 18.1 Å². The highest BCUT2D eigenvalue weighted by Gasteiger charge is 2.50. The van der Waals surface area contributed by atoms with Crippen molar-refractivity contribution in [3.05, 3.63) is 17.0 Å². The quantitative estimate of drug-likeness (QED) is 0.280. The number of hydrogen-bond acceptors (Lipinski definition) is 8. The molecule has 146 valence electrons. The molecule has 0 atom stereocenters. The summed E-state index contributed by atoms with van der Waals surface area (Å²) in [5, 5.41) is 1.05. The van der Waals surface area contributed by atoms with Gasteiger partial charge in [0.15, 0.2) is 5.40 Å². The highest BCUT2D eigenvalue weighted by atomic mass is 32.2. The maximum Gasteiger partial charge on any atom is 0.346 e. The molecule has 0 aliphatic carbocycles. The summed E-state index contributed by atoms with van der Waals surface area (Å²) in [6.45, 7) is 9.67. The zero-order valence-corrected chi connectivity index (χ0v) is 18.8. The van der Waals surface area contributed by atoms with Crippen LogP contribution in [0.5, 0.6) is 0 Å². The first kappa shape index (κ1) is 23.4. The van der Waals surface area contributed by atoms with Gasteiger partial charge in [-0.3, -0.25) is 9.13 Å². The lowest BCUT2D eigenvalue weighted by Crippen LogP contribution is -2.20. The summed E-state index contributed by atoms with van der Waals surface area (Å²) >= 11 is 3.05. The summed E-state index contributed by atoms with van der Waals surface area (Å²) in [6, 6.07) is 2.03. The second-order valence-electron chi connectivity index (χ2n) is 4.99. The summed E-state index contributed by atoms with van der Waals surface area (Å²) in [6.07, 6.45) is 0. The molecule has 0 amide bonds. The standard InChI is InChI=1S/C15H28O6P2S2/c1-6-18-22(16,19-7-2)14(23(17,20-8-3)21-9-4)12-25-15-10-13(5)11-24-15/h10-11,14H,6-9,12H2,1-5H3. The molecular weight excluding hydrogens is 402 g/mol. The monoisotopic (exact) mass is 430 g/mol. The normalized spacial score (nSPS) is 12.9. The number of thioether (sulfide) groups is 1. The molecular formula is C15H28O6P2S2. The van der Waals surface area contributed by atoms with Gasteiger partial charge in [0.25, 0.3) is 0 Å². The van der Waals surface area contributed by atoms with Crippen molar-refractivity contribution in [1.29, 1.82) is 0 Å². The molecule has 1 rings (SSSR count). The Morgan fingerprint density at radius 1 is 0.960 bits per heavy atom. The van der Waals surface area contributed by atoms with Gasteiger partial charge in [0.2, 0.25) is 0 Å². The Hall–Kier alpha value is 0.350. The van der Waals surface area contributed by atoms with Crippen molar-refractivity contribution >= 4 is 38.3 Å². The lowest BCUT2D eigenvalue weighted by Gasteiger charge is -2.31. The van der Waals surface area contributed by atoms with Crippen LogP contribution < -0.4 is 0 Å². The first-order valence-electron chi connectivity index (χ1n) is 8.30. The summed E-state index contributed by atoms with van der Waals surface area (Å²) in [5.74, 6) is 0.258. The van der Waals surface area contributed by atoms with Gasteiger partial charge in [-0.1, -0.05) is 0 Å². The molecule has 0 spiro atoms. The molecule has 0 saturated carbocycles. The Morgan fingerprint density at radius 3 is 1.72 bits per heavy atom. The second kappa shape index (κ2) is 11.3. The van der Waals surface area contributed by atoms with Gasteiger partial charge in [-0.25, -0.2) is 0 Å². The van der Waals surface area contributed by atoms with Gasteiger partial charge in [0.1, 0.15) is 0 Å². The first-order chi connectivity index (χ1) is 11.8. The number of thiophene rings is 1. The van der Waals surface area contributed by atoms with E-state index in [2.05, 4.69) is 0 Å². The molecule has 0 radical (unpaired) electrons. The van der Waals surface area contributed by atoms with Crippen LogP contribution in [-0.2, 0) is 27.2 Å². The largest absolute Gasteiger partial charge is 0.346 e.